The van der Waals surface area contributed by atoms with Crippen molar-refractivity contribution in [1.82, 2.24) is 10.2 Å². The highest BCUT2D eigenvalue weighted by Gasteiger charge is 2.44. The zero-order chi connectivity index (χ0) is 22.7. The molecule has 2 aliphatic rings. The van der Waals surface area contributed by atoms with Crippen molar-refractivity contribution in [3.8, 4) is 11.5 Å². The summed E-state index contributed by atoms with van der Waals surface area (Å²) in [7, 11) is 0. The summed E-state index contributed by atoms with van der Waals surface area (Å²) >= 11 is 0. The molecule has 2 amide bonds. The van der Waals surface area contributed by atoms with Crippen LogP contribution in [0.4, 0.5) is 4.39 Å². The van der Waals surface area contributed by atoms with Crippen molar-refractivity contribution in [3.05, 3.63) is 59.4 Å². The Hall–Kier alpha value is -3.09. The van der Waals surface area contributed by atoms with Crippen molar-refractivity contribution in [2.24, 2.45) is 0 Å². The smallest absolute Gasteiger partial charge is 0.254 e. The molecule has 4 rings (SSSR count). The predicted octanol–water partition coefficient (Wildman–Crippen LogP) is 4.19. The molecule has 6 nitrogen and oxygen atoms in total. The molecule has 2 atom stereocenters. The Kier molecular flexibility index (Phi) is 6.63. The van der Waals surface area contributed by atoms with E-state index in [1.807, 2.05) is 18.7 Å². The van der Waals surface area contributed by atoms with Gasteiger partial charge in [-0.25, -0.2) is 4.39 Å². The summed E-state index contributed by atoms with van der Waals surface area (Å²) in [6.07, 6.45) is 3.28. The topological polar surface area (TPSA) is 67.9 Å². The number of piperidine rings is 1. The minimum atomic E-state index is -0.367. The van der Waals surface area contributed by atoms with E-state index in [0.29, 0.717) is 48.7 Å². The fourth-order valence-corrected chi connectivity index (χ4v) is 4.83. The molecular formula is C25H29FN2O4. The van der Waals surface area contributed by atoms with Crippen molar-refractivity contribution in [1.29, 1.82) is 0 Å². The highest BCUT2D eigenvalue weighted by atomic mass is 19.1. The van der Waals surface area contributed by atoms with E-state index in [9.17, 15) is 14.0 Å². The number of nitrogens with one attached hydrogen (secondary N) is 1. The summed E-state index contributed by atoms with van der Waals surface area (Å²) in [6.45, 7) is 4.82. The number of halogens is 1. The van der Waals surface area contributed by atoms with E-state index in [1.165, 1.54) is 24.3 Å². The number of ether oxygens (including phenoxy) is 2. The third kappa shape index (κ3) is 4.56. The predicted molar refractivity (Wildman–Crippen MR) is 119 cm³/mol. The summed E-state index contributed by atoms with van der Waals surface area (Å²) in [6, 6.07) is 11.0. The summed E-state index contributed by atoms with van der Waals surface area (Å²) in [5.74, 6) is 0.630. The maximum atomic E-state index is 13.4. The van der Waals surface area contributed by atoms with Crippen molar-refractivity contribution >= 4 is 11.8 Å². The van der Waals surface area contributed by atoms with Crippen LogP contribution in [0.15, 0.2) is 42.5 Å². The average Bonchev–Trinajstić information content (AvgIpc) is 3.05. The molecule has 2 bridgehead atoms. The number of carbonyl (C=O) groups excluding carboxylic acids is 2. The van der Waals surface area contributed by atoms with Gasteiger partial charge in [-0.2, -0.15) is 0 Å². The Morgan fingerprint density at radius 2 is 1.53 bits per heavy atom. The molecule has 2 aromatic carbocycles. The van der Waals surface area contributed by atoms with E-state index in [0.717, 1.165) is 12.8 Å². The first kappa shape index (κ1) is 22.1. The summed E-state index contributed by atoms with van der Waals surface area (Å²) in [4.78, 5) is 27.9. The van der Waals surface area contributed by atoms with Gasteiger partial charge in [0.15, 0.2) is 11.5 Å². The second kappa shape index (κ2) is 9.59. The van der Waals surface area contributed by atoms with Crippen LogP contribution >= 0.6 is 0 Å². The first-order valence-electron chi connectivity index (χ1n) is 11.3. The number of benzene rings is 2. The van der Waals surface area contributed by atoms with Crippen molar-refractivity contribution in [2.75, 3.05) is 13.2 Å². The normalized spacial score (nSPS) is 21.8. The van der Waals surface area contributed by atoms with Crippen LogP contribution in [0.5, 0.6) is 11.5 Å². The third-order valence-corrected chi connectivity index (χ3v) is 6.20. The first-order valence-corrected chi connectivity index (χ1v) is 11.3. The number of fused-ring (bicyclic) bond motifs is 2. The van der Waals surface area contributed by atoms with Crippen molar-refractivity contribution in [2.45, 2.75) is 57.7 Å². The lowest BCUT2D eigenvalue weighted by Gasteiger charge is -2.39. The van der Waals surface area contributed by atoms with Gasteiger partial charge in [0, 0.05) is 29.3 Å². The maximum absolute atomic E-state index is 13.4. The Labute approximate surface area is 187 Å². The lowest BCUT2D eigenvalue weighted by atomic mass is 9.95. The van der Waals surface area contributed by atoms with Crippen LogP contribution in [0.1, 0.15) is 60.2 Å². The number of hydrogen-bond acceptors (Lipinski definition) is 4. The van der Waals surface area contributed by atoms with Gasteiger partial charge < -0.3 is 19.7 Å². The molecule has 2 saturated heterocycles. The molecule has 2 unspecified atom stereocenters. The zero-order valence-corrected chi connectivity index (χ0v) is 18.5. The van der Waals surface area contributed by atoms with Crippen LogP contribution in [-0.2, 0) is 0 Å². The molecule has 2 heterocycles. The van der Waals surface area contributed by atoms with Crippen LogP contribution < -0.4 is 14.8 Å². The fourth-order valence-electron chi connectivity index (χ4n) is 4.83. The quantitative estimate of drug-likeness (QED) is 0.701. The van der Waals surface area contributed by atoms with Crippen molar-refractivity contribution in [3.63, 3.8) is 0 Å². The van der Waals surface area contributed by atoms with Gasteiger partial charge in [-0.3, -0.25) is 9.59 Å². The number of nitrogens with zero attached hydrogens (tertiary/aromatic N) is 1. The molecule has 2 aliphatic heterocycles. The van der Waals surface area contributed by atoms with Gasteiger partial charge in [-0.05, 0) is 82.0 Å². The summed E-state index contributed by atoms with van der Waals surface area (Å²) in [5.41, 5.74) is 1.03. The van der Waals surface area contributed by atoms with E-state index in [2.05, 4.69) is 5.32 Å². The number of amides is 2. The van der Waals surface area contributed by atoms with Crippen LogP contribution in [0.3, 0.4) is 0 Å². The molecule has 0 aromatic heterocycles. The van der Waals surface area contributed by atoms with Gasteiger partial charge in [0.05, 0.1) is 13.2 Å². The van der Waals surface area contributed by atoms with Crippen LogP contribution in [0, 0.1) is 5.82 Å². The van der Waals surface area contributed by atoms with E-state index in [4.69, 9.17) is 9.47 Å². The Morgan fingerprint density at radius 1 is 0.938 bits per heavy atom. The van der Waals surface area contributed by atoms with Crippen LogP contribution in [0.2, 0.25) is 0 Å². The van der Waals surface area contributed by atoms with Gasteiger partial charge in [0.1, 0.15) is 5.82 Å². The number of rotatable bonds is 7. The van der Waals surface area contributed by atoms with E-state index in [1.54, 1.807) is 18.2 Å². The molecule has 0 radical (unpaired) electrons. The fraction of sp³-hybridized carbons (Fsp3) is 0.440. The monoisotopic (exact) mass is 440 g/mol. The lowest BCUT2D eigenvalue weighted by Crippen LogP contribution is -2.52. The van der Waals surface area contributed by atoms with Gasteiger partial charge in [-0.15, -0.1) is 0 Å². The van der Waals surface area contributed by atoms with Gasteiger partial charge in [-0.1, -0.05) is 0 Å². The molecule has 0 aliphatic carbocycles. The SMILES string of the molecule is CCOc1ccc(C(=O)N2C3CCC2CC(NC(=O)c2ccc(F)cc2)C3)cc1OCC. The van der Waals surface area contributed by atoms with Crippen molar-refractivity contribution < 1.29 is 23.5 Å². The molecular weight excluding hydrogens is 411 g/mol. The highest BCUT2D eigenvalue weighted by Crippen LogP contribution is 2.38. The molecule has 170 valence electrons. The second-order valence-electron chi connectivity index (χ2n) is 8.27. The number of hydrogen-bond donors (Lipinski definition) is 1. The van der Waals surface area contributed by atoms with Crippen LogP contribution in [-0.4, -0.2) is 48.1 Å². The minimum Gasteiger partial charge on any atom is -0.490 e. The summed E-state index contributed by atoms with van der Waals surface area (Å²) < 4.78 is 24.4. The second-order valence-corrected chi connectivity index (χ2v) is 8.27. The summed E-state index contributed by atoms with van der Waals surface area (Å²) in [5, 5.41) is 3.07. The average molecular weight is 441 g/mol. The molecule has 0 spiro atoms. The Bertz CT molecular complexity index is 964. The van der Waals surface area contributed by atoms with Gasteiger partial charge in [0.2, 0.25) is 0 Å². The Balaban J connectivity index is 1.44. The highest BCUT2D eigenvalue weighted by molar-refractivity contribution is 5.96. The van der Waals surface area contributed by atoms with E-state index >= 15 is 0 Å². The molecule has 2 fully saturated rings. The third-order valence-electron chi connectivity index (χ3n) is 6.20. The largest absolute Gasteiger partial charge is 0.490 e. The maximum Gasteiger partial charge on any atom is 0.254 e. The lowest BCUT2D eigenvalue weighted by molar-refractivity contribution is 0.0549. The Morgan fingerprint density at radius 3 is 2.16 bits per heavy atom. The molecule has 2 aromatic rings. The van der Waals surface area contributed by atoms with E-state index < -0.39 is 0 Å². The number of carbonyl (C=O) groups is 2. The standard InChI is InChI=1S/C25H29FN2O4/c1-3-31-22-12-7-17(13-23(22)32-4-2)25(30)28-20-10-11-21(28)15-19(14-20)27-24(29)16-5-8-18(26)9-6-16/h5-9,12-13,19-21H,3-4,10-11,14-15H2,1-2H3,(H,27,29). The first-order chi connectivity index (χ1) is 15.5. The van der Waals surface area contributed by atoms with Gasteiger partial charge in [0.25, 0.3) is 11.8 Å². The van der Waals surface area contributed by atoms with Gasteiger partial charge >= 0.3 is 0 Å². The zero-order valence-electron chi connectivity index (χ0n) is 18.5. The molecule has 7 heteroatoms. The molecule has 0 saturated carbocycles. The van der Waals surface area contributed by atoms with E-state index in [-0.39, 0.29) is 35.8 Å². The molecule has 32 heavy (non-hydrogen) atoms. The molecule has 1 N–H and O–H groups in total. The minimum absolute atomic E-state index is 0.00609. The van der Waals surface area contributed by atoms with Crippen LogP contribution in [0.25, 0.3) is 0 Å².